The Balaban J connectivity index is 1.91. The Labute approximate surface area is 142 Å². The number of ether oxygens (including phenoxy) is 1. The number of nitrogens with zero attached hydrogens (tertiary/aromatic N) is 2. The minimum absolute atomic E-state index is 0.0784. The zero-order chi connectivity index (χ0) is 17.9. The molecule has 2 rings (SSSR count). The quantitative estimate of drug-likeness (QED) is 0.882. The molecule has 1 aromatic heterocycles. The smallest absolute Gasteiger partial charge is 0.407 e. The van der Waals surface area contributed by atoms with Gasteiger partial charge < -0.3 is 20.1 Å². The fourth-order valence-electron chi connectivity index (χ4n) is 2.73. The van der Waals surface area contributed by atoms with Gasteiger partial charge in [-0.25, -0.2) is 14.6 Å². The van der Waals surface area contributed by atoms with Crippen LogP contribution < -0.4 is 10.2 Å². The van der Waals surface area contributed by atoms with Crippen LogP contribution in [0.2, 0.25) is 0 Å². The highest BCUT2D eigenvalue weighted by atomic mass is 16.6. The standard InChI is InChI=1S/C17H25N3O4/c1-11-9-12(15(21)22)10-18-14(11)20-7-5-13(6-8-20)19-16(23)24-17(2,3)4/h9-10,13H,5-8H2,1-4H3,(H,19,23)(H,21,22). The molecule has 0 radical (unpaired) electrons. The first-order valence-corrected chi connectivity index (χ1v) is 8.10. The maximum absolute atomic E-state index is 11.8. The molecule has 0 unspecified atom stereocenters. The van der Waals surface area contributed by atoms with Crippen molar-refractivity contribution in [2.24, 2.45) is 0 Å². The number of piperidine rings is 1. The lowest BCUT2D eigenvalue weighted by atomic mass is 10.0. The summed E-state index contributed by atoms with van der Waals surface area (Å²) in [5.74, 6) is -0.173. The number of hydrogen-bond donors (Lipinski definition) is 2. The van der Waals surface area contributed by atoms with Gasteiger partial charge in [-0.3, -0.25) is 0 Å². The Kier molecular flexibility index (Phi) is 5.31. The number of carboxylic acids is 1. The zero-order valence-electron chi connectivity index (χ0n) is 14.6. The van der Waals surface area contributed by atoms with Crippen LogP contribution in [-0.2, 0) is 4.74 Å². The molecule has 24 heavy (non-hydrogen) atoms. The number of anilines is 1. The lowest BCUT2D eigenvalue weighted by Gasteiger charge is -2.34. The molecule has 1 aliphatic heterocycles. The number of carbonyl (C=O) groups is 2. The van der Waals surface area contributed by atoms with Crippen LogP contribution in [0.1, 0.15) is 49.5 Å². The molecule has 132 valence electrons. The van der Waals surface area contributed by atoms with Crippen molar-refractivity contribution in [1.29, 1.82) is 0 Å². The van der Waals surface area contributed by atoms with Crippen LogP contribution in [-0.4, -0.2) is 46.9 Å². The molecule has 0 atom stereocenters. The van der Waals surface area contributed by atoms with Crippen LogP contribution in [0.5, 0.6) is 0 Å². The van der Waals surface area contributed by atoms with Crippen LogP contribution in [0.15, 0.2) is 12.3 Å². The first-order chi connectivity index (χ1) is 11.2. The third kappa shape index (κ3) is 4.84. The second kappa shape index (κ2) is 7.07. The van der Waals surface area contributed by atoms with Crippen LogP contribution in [0.4, 0.5) is 10.6 Å². The van der Waals surface area contributed by atoms with Gasteiger partial charge in [-0.2, -0.15) is 0 Å². The summed E-state index contributed by atoms with van der Waals surface area (Å²) in [6.45, 7) is 8.88. The summed E-state index contributed by atoms with van der Waals surface area (Å²) in [6.07, 6.45) is 2.58. The van der Waals surface area contributed by atoms with E-state index < -0.39 is 11.6 Å². The summed E-state index contributed by atoms with van der Waals surface area (Å²) in [7, 11) is 0. The molecule has 0 spiro atoms. The molecular formula is C17H25N3O4. The molecule has 0 saturated carbocycles. The van der Waals surface area contributed by atoms with Gasteiger partial charge in [0.1, 0.15) is 11.4 Å². The minimum atomic E-state index is -0.975. The van der Waals surface area contributed by atoms with Gasteiger partial charge in [0.2, 0.25) is 0 Å². The van der Waals surface area contributed by atoms with Crippen LogP contribution in [0.25, 0.3) is 0 Å². The minimum Gasteiger partial charge on any atom is -0.478 e. The highest BCUT2D eigenvalue weighted by Gasteiger charge is 2.25. The number of hydrogen-bond acceptors (Lipinski definition) is 5. The molecule has 0 bridgehead atoms. The molecule has 2 heterocycles. The van der Waals surface area contributed by atoms with Gasteiger partial charge in [-0.05, 0) is 52.2 Å². The number of carboxylic acid groups (broad SMARTS) is 1. The molecule has 0 aliphatic carbocycles. The number of amides is 1. The van der Waals surface area contributed by atoms with E-state index in [1.807, 2.05) is 27.7 Å². The molecule has 7 nitrogen and oxygen atoms in total. The monoisotopic (exact) mass is 335 g/mol. The number of nitrogens with one attached hydrogen (secondary N) is 1. The van der Waals surface area contributed by atoms with Crippen LogP contribution in [0.3, 0.4) is 0 Å². The Bertz CT molecular complexity index is 617. The SMILES string of the molecule is Cc1cc(C(=O)O)cnc1N1CCC(NC(=O)OC(C)(C)C)CC1. The van der Waals surface area contributed by atoms with E-state index in [4.69, 9.17) is 9.84 Å². The lowest BCUT2D eigenvalue weighted by Crippen LogP contribution is -2.46. The number of alkyl carbamates (subject to hydrolysis) is 1. The molecule has 1 fully saturated rings. The fourth-order valence-corrected chi connectivity index (χ4v) is 2.73. The van der Waals surface area contributed by atoms with Crippen LogP contribution >= 0.6 is 0 Å². The number of aromatic carboxylic acids is 1. The van der Waals surface area contributed by atoms with Gasteiger partial charge >= 0.3 is 12.1 Å². The van der Waals surface area contributed by atoms with E-state index in [1.165, 1.54) is 6.20 Å². The van der Waals surface area contributed by atoms with E-state index in [9.17, 15) is 9.59 Å². The van der Waals surface area contributed by atoms with E-state index in [0.29, 0.717) is 0 Å². The van der Waals surface area contributed by atoms with Crippen molar-refractivity contribution in [1.82, 2.24) is 10.3 Å². The summed E-state index contributed by atoms with van der Waals surface area (Å²) in [5, 5.41) is 11.9. The van der Waals surface area contributed by atoms with Gasteiger partial charge in [0.25, 0.3) is 0 Å². The van der Waals surface area contributed by atoms with Crippen molar-refractivity contribution < 1.29 is 19.4 Å². The third-order valence-corrected chi connectivity index (χ3v) is 3.81. The third-order valence-electron chi connectivity index (χ3n) is 3.81. The highest BCUT2D eigenvalue weighted by Crippen LogP contribution is 2.22. The second-order valence-electron chi connectivity index (χ2n) is 7.08. The van der Waals surface area contributed by atoms with Gasteiger partial charge in [0, 0.05) is 25.3 Å². The second-order valence-corrected chi connectivity index (χ2v) is 7.08. The Morgan fingerprint density at radius 3 is 2.46 bits per heavy atom. The molecule has 0 aromatic carbocycles. The fraction of sp³-hybridized carbons (Fsp3) is 0.588. The number of rotatable bonds is 3. The number of aryl methyl sites for hydroxylation is 1. The number of pyridine rings is 1. The van der Waals surface area contributed by atoms with Crippen molar-refractivity contribution in [2.75, 3.05) is 18.0 Å². The average molecular weight is 335 g/mol. The molecule has 1 aliphatic rings. The predicted octanol–water partition coefficient (Wildman–Crippen LogP) is 2.58. The van der Waals surface area contributed by atoms with E-state index in [1.54, 1.807) is 6.07 Å². The topological polar surface area (TPSA) is 91.8 Å². The van der Waals surface area contributed by atoms with Gasteiger partial charge in [0.15, 0.2) is 0 Å². The summed E-state index contributed by atoms with van der Waals surface area (Å²) in [6, 6.07) is 1.71. The number of aromatic nitrogens is 1. The predicted molar refractivity (Wildman–Crippen MR) is 90.5 cm³/mol. The average Bonchev–Trinajstić information content (AvgIpc) is 2.46. The van der Waals surface area contributed by atoms with E-state index in [2.05, 4.69) is 15.2 Å². The number of carbonyl (C=O) groups excluding carboxylic acids is 1. The molecule has 7 heteroatoms. The Morgan fingerprint density at radius 2 is 1.96 bits per heavy atom. The molecule has 1 aromatic rings. The van der Waals surface area contributed by atoms with E-state index >= 15 is 0 Å². The van der Waals surface area contributed by atoms with Crippen molar-refractivity contribution in [3.05, 3.63) is 23.4 Å². The Morgan fingerprint density at radius 1 is 1.33 bits per heavy atom. The zero-order valence-corrected chi connectivity index (χ0v) is 14.6. The summed E-state index contributed by atoms with van der Waals surface area (Å²) < 4.78 is 5.28. The summed E-state index contributed by atoms with van der Waals surface area (Å²) in [4.78, 5) is 29.2. The maximum atomic E-state index is 11.8. The lowest BCUT2D eigenvalue weighted by molar-refractivity contribution is 0.0496. The van der Waals surface area contributed by atoms with Crippen LogP contribution in [0, 0.1) is 6.92 Å². The maximum Gasteiger partial charge on any atom is 0.407 e. The summed E-state index contributed by atoms with van der Waals surface area (Å²) in [5.41, 5.74) is 0.531. The van der Waals surface area contributed by atoms with E-state index in [-0.39, 0.29) is 17.7 Å². The van der Waals surface area contributed by atoms with Crippen molar-refractivity contribution >= 4 is 17.9 Å². The first-order valence-electron chi connectivity index (χ1n) is 8.10. The summed E-state index contributed by atoms with van der Waals surface area (Å²) >= 11 is 0. The largest absolute Gasteiger partial charge is 0.478 e. The highest BCUT2D eigenvalue weighted by molar-refractivity contribution is 5.87. The van der Waals surface area contributed by atoms with E-state index in [0.717, 1.165) is 37.3 Å². The van der Waals surface area contributed by atoms with Crippen molar-refractivity contribution in [3.8, 4) is 0 Å². The molecular weight excluding hydrogens is 310 g/mol. The Hall–Kier alpha value is -2.31. The van der Waals surface area contributed by atoms with Crippen molar-refractivity contribution in [2.45, 2.75) is 52.2 Å². The molecule has 1 amide bonds. The van der Waals surface area contributed by atoms with Gasteiger partial charge in [0.05, 0.1) is 5.56 Å². The van der Waals surface area contributed by atoms with Gasteiger partial charge in [-0.15, -0.1) is 0 Å². The van der Waals surface area contributed by atoms with Crippen molar-refractivity contribution in [3.63, 3.8) is 0 Å². The molecule has 1 saturated heterocycles. The normalized spacial score (nSPS) is 15.9. The molecule has 2 N–H and O–H groups in total. The van der Waals surface area contributed by atoms with Gasteiger partial charge in [-0.1, -0.05) is 0 Å². The first kappa shape index (κ1) is 18.0.